The van der Waals surface area contributed by atoms with Gasteiger partial charge in [0.15, 0.2) is 11.6 Å². The third-order valence-corrected chi connectivity index (χ3v) is 6.37. The Morgan fingerprint density at radius 1 is 1.03 bits per heavy atom. The van der Waals surface area contributed by atoms with Crippen molar-refractivity contribution in [1.29, 1.82) is 0 Å². The standard InChI is InChI=1S/C25H25N3O7S/c1-32-19-5-4-6-20(33-2)16(19)9-10-26-24(31)22-13-28-12-18(27-25(28)36-22)17-11-15(35-14-23(29)30)7-8-21(17)34-3/h4-8,11-13H,9-10,14H2,1-3H3,(H,26,31)(H,29,30). The van der Waals surface area contributed by atoms with E-state index in [4.69, 9.17) is 24.1 Å². The largest absolute Gasteiger partial charge is 0.496 e. The number of imidazole rings is 1. The Kier molecular flexibility index (Phi) is 7.59. The van der Waals surface area contributed by atoms with Crippen molar-refractivity contribution in [2.45, 2.75) is 6.42 Å². The quantitative estimate of drug-likeness (QED) is 0.314. The normalized spacial score (nSPS) is 10.8. The molecule has 0 saturated carbocycles. The van der Waals surface area contributed by atoms with Crippen molar-refractivity contribution < 1.29 is 33.6 Å². The maximum Gasteiger partial charge on any atom is 0.341 e. The molecule has 4 aromatic rings. The number of aliphatic carboxylic acids is 1. The molecule has 0 atom stereocenters. The predicted molar refractivity (Wildman–Crippen MR) is 134 cm³/mol. The fraction of sp³-hybridized carbons (Fsp3) is 0.240. The lowest BCUT2D eigenvalue weighted by Gasteiger charge is -2.13. The molecule has 0 fully saturated rings. The molecule has 10 nitrogen and oxygen atoms in total. The van der Waals surface area contributed by atoms with Gasteiger partial charge in [-0.05, 0) is 36.8 Å². The van der Waals surface area contributed by atoms with E-state index in [2.05, 4.69) is 10.3 Å². The lowest BCUT2D eigenvalue weighted by molar-refractivity contribution is -0.139. The van der Waals surface area contributed by atoms with Crippen LogP contribution in [0.2, 0.25) is 0 Å². The molecule has 0 radical (unpaired) electrons. The number of amides is 1. The SMILES string of the molecule is COc1ccc(OCC(=O)O)cc1-c1cn2cc(C(=O)NCCc3c(OC)cccc3OC)sc2n1. The highest BCUT2D eigenvalue weighted by molar-refractivity contribution is 7.18. The highest BCUT2D eigenvalue weighted by atomic mass is 32.1. The number of nitrogens with zero attached hydrogens (tertiary/aromatic N) is 2. The van der Waals surface area contributed by atoms with E-state index in [-0.39, 0.29) is 5.91 Å². The van der Waals surface area contributed by atoms with Crippen LogP contribution in [0, 0.1) is 0 Å². The molecule has 2 aromatic heterocycles. The first-order chi connectivity index (χ1) is 17.4. The van der Waals surface area contributed by atoms with Gasteiger partial charge < -0.3 is 29.4 Å². The monoisotopic (exact) mass is 511 g/mol. The number of benzene rings is 2. The number of carboxylic acids is 1. The van der Waals surface area contributed by atoms with Crippen molar-refractivity contribution in [3.8, 4) is 34.3 Å². The Hall–Kier alpha value is -4.25. The number of rotatable bonds is 11. The molecule has 0 spiro atoms. The van der Waals surface area contributed by atoms with Crippen molar-refractivity contribution in [1.82, 2.24) is 14.7 Å². The molecule has 4 rings (SSSR count). The average Bonchev–Trinajstić information content (AvgIpc) is 3.47. The van der Waals surface area contributed by atoms with Crippen LogP contribution in [-0.4, -0.2) is 60.8 Å². The van der Waals surface area contributed by atoms with Crippen LogP contribution in [0.15, 0.2) is 48.8 Å². The molecule has 0 aliphatic rings. The topological polar surface area (TPSA) is 121 Å². The molecule has 36 heavy (non-hydrogen) atoms. The highest BCUT2D eigenvalue weighted by Crippen LogP contribution is 2.34. The second-order valence-corrected chi connectivity index (χ2v) is 8.61. The molecule has 0 unspecified atom stereocenters. The van der Waals surface area contributed by atoms with Gasteiger partial charge in [0.25, 0.3) is 5.91 Å². The van der Waals surface area contributed by atoms with E-state index in [0.29, 0.717) is 57.1 Å². The Morgan fingerprint density at radius 3 is 2.39 bits per heavy atom. The Balaban J connectivity index is 1.47. The van der Waals surface area contributed by atoms with Crippen LogP contribution in [-0.2, 0) is 11.2 Å². The zero-order valence-electron chi connectivity index (χ0n) is 19.9. The molecule has 0 aliphatic heterocycles. The first kappa shape index (κ1) is 24.9. The van der Waals surface area contributed by atoms with Gasteiger partial charge in [-0.25, -0.2) is 9.78 Å². The van der Waals surface area contributed by atoms with Crippen molar-refractivity contribution in [2.24, 2.45) is 0 Å². The maximum atomic E-state index is 12.7. The van der Waals surface area contributed by atoms with Gasteiger partial charge in [-0.1, -0.05) is 17.4 Å². The van der Waals surface area contributed by atoms with Crippen LogP contribution in [0.3, 0.4) is 0 Å². The molecule has 0 saturated heterocycles. The van der Waals surface area contributed by atoms with Gasteiger partial charge in [0.1, 0.15) is 27.9 Å². The van der Waals surface area contributed by atoms with Gasteiger partial charge in [0.05, 0.1) is 27.0 Å². The lowest BCUT2D eigenvalue weighted by Crippen LogP contribution is -2.25. The number of methoxy groups -OCH3 is 3. The van der Waals surface area contributed by atoms with Gasteiger partial charge in [0, 0.05) is 30.1 Å². The Bertz CT molecular complexity index is 1340. The summed E-state index contributed by atoms with van der Waals surface area (Å²) in [5.74, 6) is 1.09. The maximum absolute atomic E-state index is 12.7. The molecule has 2 heterocycles. The number of hydrogen-bond acceptors (Lipinski definition) is 8. The average molecular weight is 512 g/mol. The zero-order chi connectivity index (χ0) is 25.7. The predicted octanol–water partition coefficient (Wildman–Crippen LogP) is 3.52. The van der Waals surface area contributed by atoms with Gasteiger partial charge >= 0.3 is 5.97 Å². The summed E-state index contributed by atoms with van der Waals surface area (Å²) in [5, 5.41) is 11.8. The summed E-state index contributed by atoms with van der Waals surface area (Å²) < 4.78 is 23.3. The molecule has 188 valence electrons. The highest BCUT2D eigenvalue weighted by Gasteiger charge is 2.17. The van der Waals surface area contributed by atoms with Crippen molar-refractivity contribution in [2.75, 3.05) is 34.5 Å². The van der Waals surface area contributed by atoms with Crippen LogP contribution in [0.5, 0.6) is 23.0 Å². The van der Waals surface area contributed by atoms with E-state index in [1.807, 2.05) is 18.2 Å². The van der Waals surface area contributed by atoms with E-state index >= 15 is 0 Å². The first-order valence-corrected chi connectivity index (χ1v) is 11.7. The number of fused-ring (bicyclic) bond motifs is 1. The van der Waals surface area contributed by atoms with E-state index in [9.17, 15) is 9.59 Å². The van der Waals surface area contributed by atoms with Crippen molar-refractivity contribution in [3.63, 3.8) is 0 Å². The first-order valence-electron chi connectivity index (χ1n) is 10.9. The smallest absolute Gasteiger partial charge is 0.341 e. The van der Waals surface area contributed by atoms with Gasteiger partial charge in [-0.2, -0.15) is 0 Å². The molecule has 1 amide bonds. The Morgan fingerprint density at radius 2 is 1.75 bits per heavy atom. The summed E-state index contributed by atoms with van der Waals surface area (Å²) >= 11 is 1.25. The number of carboxylic acid groups (broad SMARTS) is 1. The minimum atomic E-state index is -1.07. The van der Waals surface area contributed by atoms with E-state index in [1.54, 1.807) is 49.2 Å². The second kappa shape index (κ2) is 11.0. The van der Waals surface area contributed by atoms with Gasteiger partial charge in [-0.15, -0.1) is 0 Å². The number of hydrogen-bond donors (Lipinski definition) is 2. The summed E-state index contributed by atoms with van der Waals surface area (Å²) in [5.41, 5.74) is 2.14. The third kappa shape index (κ3) is 5.36. The minimum absolute atomic E-state index is 0.206. The summed E-state index contributed by atoms with van der Waals surface area (Å²) in [4.78, 5) is 29.3. The van der Waals surface area contributed by atoms with Gasteiger partial charge in [0.2, 0.25) is 0 Å². The molecule has 0 bridgehead atoms. The van der Waals surface area contributed by atoms with Gasteiger partial charge in [-0.3, -0.25) is 9.20 Å². The Labute approximate surface area is 211 Å². The fourth-order valence-electron chi connectivity index (χ4n) is 3.72. The molecular formula is C25H25N3O7S. The number of thiazole rings is 1. The van der Waals surface area contributed by atoms with Crippen LogP contribution in [0.1, 0.15) is 15.2 Å². The summed E-state index contributed by atoms with van der Waals surface area (Å²) in [6, 6.07) is 10.6. The number of nitrogens with one attached hydrogen (secondary N) is 1. The minimum Gasteiger partial charge on any atom is -0.496 e. The van der Waals surface area contributed by atoms with Crippen LogP contribution in [0.4, 0.5) is 0 Å². The fourth-order valence-corrected chi connectivity index (χ4v) is 4.60. The van der Waals surface area contributed by atoms with E-state index in [1.165, 1.54) is 18.4 Å². The summed E-state index contributed by atoms with van der Waals surface area (Å²) in [6.07, 6.45) is 4.04. The van der Waals surface area contributed by atoms with Crippen molar-refractivity contribution in [3.05, 3.63) is 59.2 Å². The summed E-state index contributed by atoms with van der Waals surface area (Å²) in [6.45, 7) is -0.0479. The number of carbonyl (C=O) groups excluding carboxylic acids is 1. The molecular weight excluding hydrogens is 486 g/mol. The van der Waals surface area contributed by atoms with E-state index < -0.39 is 12.6 Å². The molecule has 2 N–H and O–H groups in total. The number of carbonyl (C=O) groups is 2. The number of aromatic nitrogens is 2. The van der Waals surface area contributed by atoms with Crippen LogP contribution in [0.25, 0.3) is 16.2 Å². The zero-order valence-corrected chi connectivity index (χ0v) is 20.8. The molecule has 2 aromatic carbocycles. The molecule has 11 heteroatoms. The van der Waals surface area contributed by atoms with E-state index in [0.717, 1.165) is 5.56 Å². The number of ether oxygens (including phenoxy) is 4. The second-order valence-electron chi connectivity index (χ2n) is 7.60. The van der Waals surface area contributed by atoms with Crippen LogP contribution < -0.4 is 24.3 Å². The van der Waals surface area contributed by atoms with Crippen LogP contribution >= 0.6 is 11.3 Å². The van der Waals surface area contributed by atoms with Crippen molar-refractivity contribution >= 4 is 28.2 Å². The molecule has 0 aliphatic carbocycles. The lowest BCUT2D eigenvalue weighted by atomic mass is 10.1. The third-order valence-electron chi connectivity index (χ3n) is 5.38. The summed E-state index contributed by atoms with van der Waals surface area (Å²) in [7, 11) is 4.74.